The molecule has 1 N–H and O–H groups in total. The Kier molecular flexibility index (Phi) is 5.11. The second-order valence-electron chi connectivity index (χ2n) is 6.07. The molecule has 9 heteroatoms. The highest BCUT2D eigenvalue weighted by atomic mass is 16.5. The Morgan fingerprint density at radius 3 is 2.37 bits per heavy atom. The fourth-order valence-corrected chi connectivity index (χ4v) is 2.70. The lowest BCUT2D eigenvalue weighted by Crippen LogP contribution is -2.12. The van der Waals surface area contributed by atoms with Crippen LogP contribution in [0.4, 0.5) is 0 Å². The summed E-state index contributed by atoms with van der Waals surface area (Å²) in [6.45, 7) is 6.19. The lowest BCUT2D eigenvalue weighted by molar-refractivity contribution is 0.0689. The van der Waals surface area contributed by atoms with Crippen LogP contribution in [0, 0.1) is 20.8 Å². The molecule has 0 aliphatic carbocycles. The number of hydrogen-bond donors (Lipinski definition) is 1. The van der Waals surface area contributed by atoms with Gasteiger partial charge in [0.15, 0.2) is 5.69 Å². The van der Waals surface area contributed by atoms with E-state index in [1.807, 2.05) is 26.0 Å². The van der Waals surface area contributed by atoms with Crippen LogP contribution in [-0.4, -0.2) is 44.2 Å². The molecular formula is C18H20N4O5. The summed E-state index contributed by atoms with van der Waals surface area (Å²) in [5.41, 5.74) is 2.69. The predicted octanol–water partition coefficient (Wildman–Crippen LogP) is 2.55. The first-order chi connectivity index (χ1) is 12.8. The van der Waals surface area contributed by atoms with Crippen molar-refractivity contribution in [2.45, 2.75) is 20.8 Å². The van der Waals surface area contributed by atoms with E-state index in [-0.39, 0.29) is 12.3 Å². The zero-order valence-corrected chi connectivity index (χ0v) is 15.5. The number of benzene rings is 1. The molecule has 9 nitrogen and oxygen atoms in total. The standard InChI is InChI=1S/C18H20N4O5/c1-10-7-13(17-19-12(3)27-21-17)8-11(2)16(10)26-6-5-25-15-9-14(18(23)24)20-22(15)4/h7-9H,5-6H2,1-4H3,(H,23,24). The average Bonchev–Trinajstić information content (AvgIpc) is 3.19. The molecule has 0 spiro atoms. The van der Waals surface area contributed by atoms with Crippen molar-refractivity contribution in [1.29, 1.82) is 0 Å². The van der Waals surface area contributed by atoms with Crippen LogP contribution in [0.3, 0.4) is 0 Å². The van der Waals surface area contributed by atoms with Crippen molar-refractivity contribution < 1.29 is 23.9 Å². The lowest BCUT2D eigenvalue weighted by Gasteiger charge is -2.13. The zero-order valence-electron chi connectivity index (χ0n) is 15.5. The number of carbonyl (C=O) groups is 1. The van der Waals surface area contributed by atoms with Gasteiger partial charge in [-0.25, -0.2) is 9.48 Å². The first kappa shape index (κ1) is 18.4. The maximum atomic E-state index is 10.9. The summed E-state index contributed by atoms with van der Waals surface area (Å²) in [4.78, 5) is 15.2. The fourth-order valence-electron chi connectivity index (χ4n) is 2.70. The molecule has 0 bridgehead atoms. The van der Waals surface area contributed by atoms with Gasteiger partial charge in [-0.05, 0) is 37.1 Å². The van der Waals surface area contributed by atoms with Gasteiger partial charge in [-0.1, -0.05) is 5.16 Å². The van der Waals surface area contributed by atoms with Gasteiger partial charge in [-0.3, -0.25) is 0 Å². The Balaban J connectivity index is 1.62. The smallest absolute Gasteiger partial charge is 0.356 e. The molecule has 0 fully saturated rings. The number of aryl methyl sites for hydroxylation is 4. The summed E-state index contributed by atoms with van der Waals surface area (Å²) < 4.78 is 17.8. The van der Waals surface area contributed by atoms with Crippen molar-refractivity contribution in [3.8, 4) is 23.0 Å². The maximum Gasteiger partial charge on any atom is 0.356 e. The minimum Gasteiger partial charge on any atom is -0.489 e. The topological polar surface area (TPSA) is 112 Å². The van der Waals surface area contributed by atoms with E-state index >= 15 is 0 Å². The van der Waals surface area contributed by atoms with Crippen molar-refractivity contribution in [2.75, 3.05) is 13.2 Å². The minimum atomic E-state index is -1.10. The summed E-state index contributed by atoms with van der Waals surface area (Å²) in [5, 5.41) is 16.7. The first-order valence-corrected chi connectivity index (χ1v) is 8.30. The summed E-state index contributed by atoms with van der Waals surface area (Å²) in [5.74, 6) is 1.09. The predicted molar refractivity (Wildman–Crippen MR) is 95.1 cm³/mol. The number of aromatic carboxylic acids is 1. The van der Waals surface area contributed by atoms with E-state index in [0.29, 0.717) is 24.2 Å². The van der Waals surface area contributed by atoms with Gasteiger partial charge in [0.1, 0.15) is 19.0 Å². The molecule has 2 heterocycles. The molecule has 1 aromatic carbocycles. The number of nitrogens with zero attached hydrogens (tertiary/aromatic N) is 4. The number of carboxylic acid groups (broad SMARTS) is 1. The van der Waals surface area contributed by atoms with E-state index in [2.05, 4.69) is 15.2 Å². The Hall–Kier alpha value is -3.36. The molecule has 0 aliphatic rings. The number of rotatable bonds is 7. The lowest BCUT2D eigenvalue weighted by atomic mass is 10.1. The van der Waals surface area contributed by atoms with Crippen LogP contribution < -0.4 is 9.47 Å². The fraction of sp³-hybridized carbons (Fsp3) is 0.333. The molecule has 3 aromatic rings. The molecule has 0 radical (unpaired) electrons. The normalized spacial score (nSPS) is 10.8. The Morgan fingerprint density at radius 2 is 1.81 bits per heavy atom. The number of ether oxygens (including phenoxy) is 2. The molecule has 142 valence electrons. The summed E-state index contributed by atoms with van der Waals surface area (Å²) in [6, 6.07) is 5.25. The second-order valence-corrected chi connectivity index (χ2v) is 6.07. The summed E-state index contributed by atoms with van der Waals surface area (Å²) >= 11 is 0. The minimum absolute atomic E-state index is 0.0626. The molecule has 0 aliphatic heterocycles. The first-order valence-electron chi connectivity index (χ1n) is 8.30. The number of hydrogen-bond acceptors (Lipinski definition) is 7. The highest BCUT2D eigenvalue weighted by molar-refractivity contribution is 5.85. The largest absolute Gasteiger partial charge is 0.489 e. The highest BCUT2D eigenvalue weighted by Gasteiger charge is 2.13. The third-order valence-corrected chi connectivity index (χ3v) is 3.88. The van der Waals surface area contributed by atoms with Gasteiger partial charge >= 0.3 is 5.97 Å². The van der Waals surface area contributed by atoms with Gasteiger partial charge < -0.3 is 19.1 Å². The summed E-state index contributed by atoms with van der Waals surface area (Å²) in [7, 11) is 1.62. The van der Waals surface area contributed by atoms with Crippen LogP contribution in [0.25, 0.3) is 11.4 Å². The SMILES string of the molecule is Cc1nc(-c2cc(C)c(OCCOc3cc(C(=O)O)nn3C)c(C)c2)no1. The van der Waals surface area contributed by atoms with E-state index in [9.17, 15) is 4.79 Å². The quantitative estimate of drug-likeness (QED) is 0.630. The van der Waals surface area contributed by atoms with Crippen molar-refractivity contribution in [1.82, 2.24) is 19.9 Å². The Morgan fingerprint density at radius 1 is 1.15 bits per heavy atom. The molecular weight excluding hydrogens is 352 g/mol. The Labute approximate surface area is 155 Å². The van der Waals surface area contributed by atoms with E-state index < -0.39 is 5.97 Å². The third-order valence-electron chi connectivity index (χ3n) is 3.88. The molecule has 0 amide bonds. The third kappa shape index (κ3) is 4.08. The molecule has 2 aromatic heterocycles. The Bertz CT molecular complexity index is 953. The monoisotopic (exact) mass is 372 g/mol. The summed E-state index contributed by atoms with van der Waals surface area (Å²) in [6.07, 6.45) is 0. The van der Waals surface area contributed by atoms with Crippen LogP contribution in [0.15, 0.2) is 22.7 Å². The second kappa shape index (κ2) is 7.48. The van der Waals surface area contributed by atoms with Crippen molar-refractivity contribution in [3.05, 3.63) is 40.9 Å². The van der Waals surface area contributed by atoms with Gasteiger partial charge in [0.2, 0.25) is 17.6 Å². The van der Waals surface area contributed by atoms with Crippen molar-refractivity contribution in [2.24, 2.45) is 7.05 Å². The molecule has 27 heavy (non-hydrogen) atoms. The molecule has 0 unspecified atom stereocenters. The molecule has 0 atom stereocenters. The van der Waals surface area contributed by atoms with Crippen LogP contribution in [0.5, 0.6) is 11.6 Å². The number of carboxylic acids is 1. The number of aromatic nitrogens is 4. The zero-order chi connectivity index (χ0) is 19.6. The average molecular weight is 372 g/mol. The van der Waals surface area contributed by atoms with E-state index in [0.717, 1.165) is 22.4 Å². The van der Waals surface area contributed by atoms with Crippen LogP contribution in [-0.2, 0) is 7.05 Å². The van der Waals surface area contributed by atoms with Gasteiger partial charge in [0.05, 0.1) is 0 Å². The van der Waals surface area contributed by atoms with Gasteiger partial charge in [0.25, 0.3) is 0 Å². The van der Waals surface area contributed by atoms with E-state index in [4.69, 9.17) is 19.1 Å². The van der Waals surface area contributed by atoms with Crippen LogP contribution >= 0.6 is 0 Å². The van der Waals surface area contributed by atoms with E-state index in [1.165, 1.54) is 10.7 Å². The van der Waals surface area contributed by atoms with Crippen LogP contribution in [0.2, 0.25) is 0 Å². The van der Waals surface area contributed by atoms with E-state index in [1.54, 1.807) is 14.0 Å². The van der Waals surface area contributed by atoms with Gasteiger partial charge in [-0.15, -0.1) is 0 Å². The highest BCUT2D eigenvalue weighted by Crippen LogP contribution is 2.29. The van der Waals surface area contributed by atoms with Crippen molar-refractivity contribution in [3.63, 3.8) is 0 Å². The molecule has 3 rings (SSSR count). The molecule has 0 saturated carbocycles. The van der Waals surface area contributed by atoms with Crippen LogP contribution in [0.1, 0.15) is 27.5 Å². The van der Waals surface area contributed by atoms with Crippen molar-refractivity contribution >= 4 is 5.97 Å². The molecule has 0 saturated heterocycles. The van der Waals surface area contributed by atoms with Gasteiger partial charge in [-0.2, -0.15) is 10.1 Å². The van der Waals surface area contributed by atoms with Gasteiger partial charge in [0, 0.05) is 25.6 Å². The maximum absolute atomic E-state index is 10.9.